The van der Waals surface area contributed by atoms with Gasteiger partial charge in [0.2, 0.25) is 0 Å². The highest BCUT2D eigenvalue weighted by Crippen LogP contribution is 2.16. The van der Waals surface area contributed by atoms with Crippen molar-refractivity contribution < 1.29 is 0 Å². The molecule has 4 rings (SSSR count). The van der Waals surface area contributed by atoms with Crippen molar-refractivity contribution in [3.63, 3.8) is 0 Å². The van der Waals surface area contributed by atoms with Crippen molar-refractivity contribution in [2.24, 2.45) is 5.10 Å². The molecule has 0 atom stereocenters. The minimum absolute atomic E-state index is 0.620. The fraction of sp³-hybridized carbons (Fsp3) is 0. The summed E-state index contributed by atoms with van der Waals surface area (Å²) in [4.78, 5) is 12.0. The molecule has 2 aromatic carbocycles. The molecule has 0 unspecified atom stereocenters. The topological polar surface area (TPSA) is 66.0 Å². The number of hydrogen-bond acceptors (Lipinski definition) is 4. The summed E-state index contributed by atoms with van der Waals surface area (Å²) in [5, 5.41) is 5.38. The first-order chi connectivity index (χ1) is 10.9. The van der Waals surface area contributed by atoms with Crippen LogP contribution in [0, 0.1) is 0 Å². The van der Waals surface area contributed by atoms with E-state index in [0.717, 1.165) is 27.5 Å². The Bertz CT molecular complexity index is 971. The van der Waals surface area contributed by atoms with Crippen LogP contribution in [0.15, 0.2) is 66.0 Å². The number of hydrogen-bond donors (Lipinski definition) is 2. The molecule has 5 heteroatoms. The minimum atomic E-state index is 0.620. The molecular formula is C17H13N5. The molecule has 22 heavy (non-hydrogen) atoms. The largest absolute Gasteiger partial charge is 0.361 e. The van der Waals surface area contributed by atoms with Gasteiger partial charge in [0.15, 0.2) is 5.82 Å². The van der Waals surface area contributed by atoms with Crippen LogP contribution in [0.3, 0.4) is 0 Å². The van der Waals surface area contributed by atoms with Crippen LogP contribution in [0.5, 0.6) is 0 Å². The summed E-state index contributed by atoms with van der Waals surface area (Å²) in [6, 6.07) is 15.9. The first-order valence-electron chi connectivity index (χ1n) is 6.97. The molecule has 0 spiro atoms. The molecule has 0 radical (unpaired) electrons. The number of nitrogens with zero attached hydrogens (tertiary/aromatic N) is 3. The molecule has 2 aromatic heterocycles. The third kappa shape index (κ3) is 2.29. The van der Waals surface area contributed by atoms with E-state index in [2.05, 4.69) is 31.5 Å². The summed E-state index contributed by atoms with van der Waals surface area (Å²) >= 11 is 0. The molecule has 4 aromatic rings. The van der Waals surface area contributed by atoms with E-state index in [1.807, 2.05) is 48.7 Å². The fourth-order valence-corrected chi connectivity index (χ4v) is 2.38. The van der Waals surface area contributed by atoms with E-state index in [4.69, 9.17) is 0 Å². The van der Waals surface area contributed by atoms with Gasteiger partial charge in [-0.3, -0.25) is 10.4 Å². The number of H-pyrrole nitrogens is 1. The Morgan fingerprint density at radius 3 is 2.77 bits per heavy atom. The molecule has 0 bridgehead atoms. The first-order valence-corrected chi connectivity index (χ1v) is 6.97. The van der Waals surface area contributed by atoms with Crippen molar-refractivity contribution in [1.29, 1.82) is 0 Å². The predicted octanol–water partition coefficient (Wildman–Crippen LogP) is 3.56. The molecular weight excluding hydrogens is 274 g/mol. The molecule has 5 nitrogen and oxygen atoms in total. The molecule has 0 saturated heterocycles. The van der Waals surface area contributed by atoms with E-state index in [9.17, 15) is 0 Å². The van der Waals surface area contributed by atoms with Gasteiger partial charge in [-0.05, 0) is 18.2 Å². The van der Waals surface area contributed by atoms with Crippen LogP contribution in [0.4, 0.5) is 5.82 Å². The van der Waals surface area contributed by atoms with Gasteiger partial charge < -0.3 is 4.98 Å². The lowest BCUT2D eigenvalue weighted by Crippen LogP contribution is -1.95. The maximum Gasteiger partial charge on any atom is 0.165 e. The third-order valence-electron chi connectivity index (χ3n) is 3.45. The van der Waals surface area contributed by atoms with Crippen LogP contribution >= 0.6 is 0 Å². The quantitative estimate of drug-likeness (QED) is 0.447. The molecule has 0 fully saturated rings. The zero-order valence-corrected chi connectivity index (χ0v) is 11.7. The van der Waals surface area contributed by atoms with Crippen LogP contribution in [0.25, 0.3) is 21.9 Å². The van der Waals surface area contributed by atoms with Gasteiger partial charge in [-0.1, -0.05) is 30.3 Å². The van der Waals surface area contributed by atoms with Gasteiger partial charge in [0.05, 0.1) is 23.4 Å². The Kier molecular flexibility index (Phi) is 3.01. The predicted molar refractivity (Wildman–Crippen MR) is 89.1 cm³/mol. The van der Waals surface area contributed by atoms with Crippen molar-refractivity contribution in [3.8, 4) is 0 Å². The van der Waals surface area contributed by atoms with E-state index < -0.39 is 0 Å². The summed E-state index contributed by atoms with van der Waals surface area (Å²) in [6.45, 7) is 0. The Balaban J connectivity index is 1.58. The first kappa shape index (κ1) is 12.5. The monoisotopic (exact) mass is 287 g/mol. The van der Waals surface area contributed by atoms with Gasteiger partial charge in [0.25, 0.3) is 0 Å². The molecule has 0 aliphatic heterocycles. The van der Waals surface area contributed by atoms with E-state index in [1.165, 1.54) is 0 Å². The number of fused-ring (bicyclic) bond motifs is 2. The van der Waals surface area contributed by atoms with E-state index in [-0.39, 0.29) is 0 Å². The SMILES string of the molecule is C(=N\Nc1cnc2ccccc2n1)/c1c[nH]c2ccccc12. The van der Waals surface area contributed by atoms with Crippen molar-refractivity contribution in [3.05, 3.63) is 66.5 Å². The van der Waals surface area contributed by atoms with Gasteiger partial charge in [-0.2, -0.15) is 5.10 Å². The Morgan fingerprint density at radius 1 is 1.00 bits per heavy atom. The number of nitrogens with one attached hydrogen (secondary N) is 2. The maximum atomic E-state index is 4.46. The number of benzene rings is 2. The molecule has 106 valence electrons. The van der Waals surface area contributed by atoms with E-state index in [1.54, 1.807) is 12.4 Å². The number of aromatic amines is 1. The molecule has 0 aliphatic rings. The Hall–Kier alpha value is -3.21. The summed E-state index contributed by atoms with van der Waals surface area (Å²) in [6.07, 6.45) is 5.38. The lowest BCUT2D eigenvalue weighted by Gasteiger charge is -2.00. The number of anilines is 1. The normalized spacial score (nSPS) is 11.5. The van der Waals surface area contributed by atoms with Crippen molar-refractivity contribution in [2.75, 3.05) is 5.43 Å². The Labute approximate surface area is 126 Å². The van der Waals surface area contributed by atoms with E-state index in [0.29, 0.717) is 5.82 Å². The second-order valence-electron chi connectivity index (χ2n) is 4.90. The van der Waals surface area contributed by atoms with Gasteiger partial charge >= 0.3 is 0 Å². The van der Waals surface area contributed by atoms with Crippen LogP contribution in [-0.4, -0.2) is 21.2 Å². The van der Waals surface area contributed by atoms with Crippen molar-refractivity contribution in [2.45, 2.75) is 0 Å². The molecule has 0 saturated carbocycles. The highest BCUT2D eigenvalue weighted by Gasteiger charge is 2.00. The number of rotatable bonds is 3. The van der Waals surface area contributed by atoms with Gasteiger partial charge in [-0.25, -0.2) is 4.98 Å². The molecule has 2 N–H and O–H groups in total. The Morgan fingerprint density at radius 2 is 1.82 bits per heavy atom. The molecule has 0 aliphatic carbocycles. The average Bonchev–Trinajstić information content (AvgIpc) is 2.98. The van der Waals surface area contributed by atoms with Gasteiger partial charge in [-0.15, -0.1) is 0 Å². The van der Waals surface area contributed by atoms with Crippen LogP contribution < -0.4 is 5.43 Å². The maximum absolute atomic E-state index is 4.46. The summed E-state index contributed by atoms with van der Waals surface area (Å²) < 4.78 is 0. The standard InChI is InChI=1S/C17H13N5/c1-2-6-14-13(5-1)12(9-18-14)10-20-22-17-11-19-15-7-3-4-8-16(15)21-17/h1-11,18H,(H,21,22)/b20-10+. The van der Waals surface area contributed by atoms with Gasteiger partial charge in [0.1, 0.15) is 0 Å². The smallest absolute Gasteiger partial charge is 0.165 e. The van der Waals surface area contributed by atoms with Gasteiger partial charge in [0, 0.05) is 22.7 Å². The number of hydrazone groups is 1. The lowest BCUT2D eigenvalue weighted by molar-refractivity contribution is 1.22. The number of aromatic nitrogens is 3. The summed E-state index contributed by atoms with van der Waals surface area (Å²) in [5.74, 6) is 0.620. The van der Waals surface area contributed by atoms with E-state index >= 15 is 0 Å². The highest BCUT2D eigenvalue weighted by molar-refractivity contribution is 5.99. The van der Waals surface area contributed by atoms with Crippen LogP contribution in [0.1, 0.15) is 5.56 Å². The summed E-state index contributed by atoms with van der Waals surface area (Å²) in [7, 11) is 0. The highest BCUT2D eigenvalue weighted by atomic mass is 15.3. The zero-order valence-electron chi connectivity index (χ0n) is 11.7. The molecule has 0 amide bonds. The summed E-state index contributed by atoms with van der Waals surface area (Å²) in [5.41, 5.74) is 6.75. The third-order valence-corrected chi connectivity index (χ3v) is 3.45. The molecule has 2 heterocycles. The average molecular weight is 287 g/mol. The fourth-order valence-electron chi connectivity index (χ4n) is 2.38. The zero-order chi connectivity index (χ0) is 14.8. The van der Waals surface area contributed by atoms with Crippen LogP contribution in [0.2, 0.25) is 0 Å². The van der Waals surface area contributed by atoms with Crippen molar-refractivity contribution in [1.82, 2.24) is 15.0 Å². The number of para-hydroxylation sites is 3. The lowest BCUT2D eigenvalue weighted by atomic mass is 10.2. The minimum Gasteiger partial charge on any atom is -0.361 e. The van der Waals surface area contributed by atoms with Crippen LogP contribution in [-0.2, 0) is 0 Å². The second-order valence-corrected chi connectivity index (χ2v) is 4.90. The van der Waals surface area contributed by atoms with Crippen molar-refractivity contribution >= 4 is 34.0 Å². The second kappa shape index (κ2) is 5.29.